The van der Waals surface area contributed by atoms with Crippen LogP contribution in [0.5, 0.6) is 0 Å². The number of nitrogens with one attached hydrogen (secondary N) is 1. The van der Waals surface area contributed by atoms with Crippen molar-refractivity contribution in [2.45, 2.75) is 42.5 Å². The van der Waals surface area contributed by atoms with Crippen LogP contribution in [0.25, 0.3) is 5.65 Å². The first-order chi connectivity index (χ1) is 22.0. The molecule has 0 saturated carbocycles. The molecule has 7 rings (SSSR count). The number of sulfonamides is 1. The van der Waals surface area contributed by atoms with Crippen molar-refractivity contribution in [3.8, 4) is 0 Å². The molecule has 3 aliphatic rings. The van der Waals surface area contributed by atoms with Gasteiger partial charge in [0.25, 0.3) is 0 Å². The molecular formula is C29H33F3N10O3S. The molecule has 2 bridgehead atoms. The molecule has 4 aromatic rings. The number of piperazine rings is 2. The van der Waals surface area contributed by atoms with Crippen LogP contribution in [0.15, 0.2) is 59.9 Å². The number of carbonyl (C=O) groups is 1. The number of hydrogen-bond acceptors (Lipinski definition) is 9. The summed E-state index contributed by atoms with van der Waals surface area (Å²) < 4.78 is 70.9. The van der Waals surface area contributed by atoms with Gasteiger partial charge in [-0.3, -0.25) is 9.48 Å². The molecule has 0 aliphatic carbocycles. The van der Waals surface area contributed by atoms with Crippen molar-refractivity contribution in [1.82, 2.24) is 38.5 Å². The summed E-state index contributed by atoms with van der Waals surface area (Å²) in [4.78, 5) is 23.4. The van der Waals surface area contributed by atoms with Gasteiger partial charge in [-0.15, -0.1) is 5.10 Å². The molecule has 6 heterocycles. The maximum atomic E-state index is 13.6. The zero-order chi connectivity index (χ0) is 32.2. The van der Waals surface area contributed by atoms with Crippen molar-refractivity contribution in [3.63, 3.8) is 0 Å². The van der Waals surface area contributed by atoms with E-state index in [1.807, 2.05) is 24.1 Å². The van der Waals surface area contributed by atoms with Gasteiger partial charge in [0.2, 0.25) is 21.9 Å². The van der Waals surface area contributed by atoms with E-state index in [2.05, 4.69) is 25.3 Å². The van der Waals surface area contributed by atoms with E-state index in [0.29, 0.717) is 56.3 Å². The van der Waals surface area contributed by atoms with Crippen LogP contribution in [-0.2, 0) is 27.5 Å². The zero-order valence-electron chi connectivity index (χ0n) is 25.0. The maximum absolute atomic E-state index is 13.6. The van der Waals surface area contributed by atoms with Crippen LogP contribution in [-0.4, -0.2) is 111 Å². The number of alkyl halides is 3. The fraction of sp³-hybridized carbons (Fsp3) is 0.448. The number of amides is 1. The molecule has 1 amide bonds. The van der Waals surface area contributed by atoms with E-state index in [4.69, 9.17) is 4.98 Å². The van der Waals surface area contributed by atoms with Crippen molar-refractivity contribution in [2.75, 3.05) is 56.5 Å². The quantitative estimate of drug-likeness (QED) is 0.319. The zero-order valence-corrected chi connectivity index (χ0v) is 25.8. The molecule has 46 heavy (non-hydrogen) atoms. The number of aromatic nitrogens is 5. The SMILES string of the molecule is CN1CCN(C(=O)Cn2cc(Nc3nc4c(N5CC6CCC(C5)N6S(=O)(=O)c5ccc(C(F)(F)F)cc5)cccn4n3)cn2)CC1. The lowest BCUT2D eigenvalue weighted by Crippen LogP contribution is -2.55. The van der Waals surface area contributed by atoms with Crippen molar-refractivity contribution in [2.24, 2.45) is 0 Å². The molecule has 13 nitrogen and oxygen atoms in total. The Morgan fingerprint density at radius 3 is 2.39 bits per heavy atom. The summed E-state index contributed by atoms with van der Waals surface area (Å²) in [5.74, 6) is 0.350. The van der Waals surface area contributed by atoms with Crippen LogP contribution in [0.3, 0.4) is 0 Å². The molecule has 1 aromatic carbocycles. The van der Waals surface area contributed by atoms with Crippen molar-refractivity contribution in [3.05, 3.63) is 60.6 Å². The van der Waals surface area contributed by atoms with Gasteiger partial charge in [0, 0.05) is 63.7 Å². The van der Waals surface area contributed by atoms with Crippen LogP contribution in [0.4, 0.5) is 30.5 Å². The lowest BCUT2D eigenvalue weighted by molar-refractivity contribution is -0.137. The first-order valence-electron chi connectivity index (χ1n) is 15.0. The van der Waals surface area contributed by atoms with Crippen LogP contribution < -0.4 is 10.2 Å². The molecule has 3 aromatic heterocycles. The molecule has 2 atom stereocenters. The largest absolute Gasteiger partial charge is 0.416 e. The van der Waals surface area contributed by atoms with E-state index in [0.717, 1.165) is 43.0 Å². The van der Waals surface area contributed by atoms with E-state index in [-0.39, 0.29) is 29.4 Å². The van der Waals surface area contributed by atoms with Crippen LogP contribution >= 0.6 is 0 Å². The molecular weight excluding hydrogens is 625 g/mol. The van der Waals surface area contributed by atoms with E-state index < -0.39 is 21.8 Å². The van der Waals surface area contributed by atoms with Gasteiger partial charge in [-0.1, -0.05) is 0 Å². The van der Waals surface area contributed by atoms with Gasteiger partial charge < -0.3 is 20.0 Å². The lowest BCUT2D eigenvalue weighted by atomic mass is 10.2. The summed E-state index contributed by atoms with van der Waals surface area (Å²) in [6, 6.07) is 6.75. The van der Waals surface area contributed by atoms with Gasteiger partial charge in [-0.05, 0) is 56.3 Å². The Morgan fingerprint density at radius 2 is 1.72 bits per heavy atom. The molecule has 244 valence electrons. The number of carbonyl (C=O) groups excluding carboxylic acids is 1. The molecule has 3 fully saturated rings. The average Bonchev–Trinajstić information content (AvgIpc) is 3.72. The summed E-state index contributed by atoms with van der Waals surface area (Å²) in [7, 11) is -1.95. The molecule has 0 radical (unpaired) electrons. The summed E-state index contributed by atoms with van der Waals surface area (Å²) in [6.45, 7) is 4.02. The van der Waals surface area contributed by atoms with Gasteiger partial charge >= 0.3 is 6.18 Å². The molecule has 1 N–H and O–H groups in total. The van der Waals surface area contributed by atoms with E-state index in [1.165, 1.54) is 4.31 Å². The predicted octanol–water partition coefficient (Wildman–Crippen LogP) is 2.50. The number of pyridine rings is 1. The summed E-state index contributed by atoms with van der Waals surface area (Å²) in [5.41, 5.74) is 1.12. The van der Waals surface area contributed by atoms with Crippen molar-refractivity contribution in [1.29, 1.82) is 0 Å². The van der Waals surface area contributed by atoms with Gasteiger partial charge in [0.15, 0.2) is 5.65 Å². The molecule has 3 saturated heterocycles. The fourth-order valence-electron chi connectivity index (χ4n) is 6.52. The van der Waals surface area contributed by atoms with E-state index in [1.54, 1.807) is 27.8 Å². The Balaban J connectivity index is 1.04. The Morgan fingerprint density at radius 1 is 1.02 bits per heavy atom. The first-order valence-corrected chi connectivity index (χ1v) is 16.5. The lowest BCUT2D eigenvalue weighted by Gasteiger charge is -2.41. The number of halogens is 3. The second-order valence-corrected chi connectivity index (χ2v) is 13.8. The Bertz CT molecular complexity index is 1840. The number of nitrogens with zero attached hydrogens (tertiary/aromatic N) is 9. The predicted molar refractivity (Wildman–Crippen MR) is 162 cm³/mol. The fourth-order valence-corrected chi connectivity index (χ4v) is 8.37. The molecule has 3 aliphatic heterocycles. The summed E-state index contributed by atoms with van der Waals surface area (Å²) in [5, 5.41) is 12.0. The Labute approximate surface area is 263 Å². The van der Waals surface area contributed by atoms with Gasteiger partial charge in [0.05, 0.1) is 28.0 Å². The minimum atomic E-state index is -4.54. The van der Waals surface area contributed by atoms with Gasteiger partial charge in [-0.25, -0.2) is 12.9 Å². The number of rotatable bonds is 7. The standard InChI is InChI=1S/C29H33F3N10O3S/c1-37-11-13-38(14-12-37)26(43)19-40-16-21(15-33-40)34-28-35-27-25(3-2-10-41(27)36-28)39-17-22-6-7-23(18-39)42(22)46(44,45)24-8-4-20(5-9-24)29(30,31)32/h2-5,8-10,15-16,22-23H,6-7,11-14,17-19H2,1H3,(H,34,36). The topological polar surface area (TPSA) is 124 Å². The van der Waals surface area contributed by atoms with Crippen LogP contribution in [0.1, 0.15) is 18.4 Å². The minimum Gasteiger partial charge on any atom is -0.365 e. The number of fused-ring (bicyclic) bond motifs is 3. The van der Waals surface area contributed by atoms with Crippen molar-refractivity contribution >= 4 is 38.9 Å². The summed E-state index contributed by atoms with van der Waals surface area (Å²) >= 11 is 0. The molecule has 0 spiro atoms. The third-order valence-corrected chi connectivity index (χ3v) is 10.9. The monoisotopic (exact) mass is 658 g/mol. The third kappa shape index (κ3) is 5.78. The van der Waals surface area contributed by atoms with Crippen molar-refractivity contribution < 1.29 is 26.4 Å². The smallest absolute Gasteiger partial charge is 0.365 e. The highest BCUT2D eigenvalue weighted by Gasteiger charge is 2.47. The number of benzene rings is 1. The number of anilines is 3. The molecule has 17 heteroatoms. The summed E-state index contributed by atoms with van der Waals surface area (Å²) in [6.07, 6.45) is 1.86. The number of likely N-dealkylation sites (N-methyl/N-ethyl adjacent to an activating group) is 1. The minimum absolute atomic E-state index is 0.0134. The second-order valence-electron chi connectivity index (χ2n) is 12.0. The van der Waals surface area contributed by atoms with Gasteiger partial charge in [-0.2, -0.15) is 27.6 Å². The second kappa shape index (κ2) is 11.5. The first kappa shape index (κ1) is 30.4. The Kier molecular flexibility index (Phi) is 7.64. The normalized spacial score (nSPS) is 21.3. The van der Waals surface area contributed by atoms with Crippen LogP contribution in [0, 0.1) is 0 Å². The van der Waals surface area contributed by atoms with E-state index in [9.17, 15) is 26.4 Å². The van der Waals surface area contributed by atoms with E-state index >= 15 is 0 Å². The highest BCUT2D eigenvalue weighted by Crippen LogP contribution is 2.38. The molecule has 2 unspecified atom stereocenters. The highest BCUT2D eigenvalue weighted by molar-refractivity contribution is 7.89. The Hall–Kier alpha value is -4.22. The van der Waals surface area contributed by atoms with Gasteiger partial charge in [0.1, 0.15) is 6.54 Å². The average molecular weight is 659 g/mol. The van der Waals surface area contributed by atoms with Crippen LogP contribution in [0.2, 0.25) is 0 Å². The number of hydrogen-bond donors (Lipinski definition) is 1. The maximum Gasteiger partial charge on any atom is 0.416 e. The third-order valence-electron chi connectivity index (χ3n) is 8.90. The highest BCUT2D eigenvalue weighted by atomic mass is 32.2.